The summed E-state index contributed by atoms with van der Waals surface area (Å²) in [6, 6.07) is 10.0. The molecule has 0 aliphatic rings. The first-order chi connectivity index (χ1) is 12.5. The van der Waals surface area contributed by atoms with E-state index in [1.807, 2.05) is 30.8 Å². The van der Waals surface area contributed by atoms with E-state index in [-0.39, 0.29) is 11.9 Å². The number of amides is 1. The van der Waals surface area contributed by atoms with Crippen LogP contribution in [0.1, 0.15) is 45.3 Å². The van der Waals surface area contributed by atoms with Crippen LogP contribution in [0, 0.1) is 20.8 Å². The number of rotatable bonds is 6. The van der Waals surface area contributed by atoms with Crippen LogP contribution in [0.15, 0.2) is 48.2 Å². The molecule has 4 nitrogen and oxygen atoms in total. The highest BCUT2D eigenvalue weighted by Gasteiger charge is 2.18. The van der Waals surface area contributed by atoms with E-state index in [9.17, 15) is 4.79 Å². The Hall–Kier alpha value is -2.53. The molecule has 1 amide bonds. The topological polar surface area (TPSA) is 54.9 Å². The van der Waals surface area contributed by atoms with E-state index in [2.05, 4.69) is 47.3 Å². The van der Waals surface area contributed by atoms with E-state index in [1.165, 1.54) is 16.0 Å². The number of hydrogen-bond donors (Lipinski definition) is 1. The van der Waals surface area contributed by atoms with E-state index in [1.54, 1.807) is 17.5 Å². The fraction of sp³-hybridized carbons (Fsp3) is 0.286. The quantitative estimate of drug-likeness (QED) is 0.708. The summed E-state index contributed by atoms with van der Waals surface area (Å²) in [6.07, 6.45) is 4.72. The first-order valence-electron chi connectivity index (χ1n) is 8.70. The molecule has 26 heavy (non-hydrogen) atoms. The molecule has 1 aromatic carbocycles. The molecule has 0 unspecified atom stereocenters. The lowest BCUT2D eigenvalue weighted by Gasteiger charge is -2.20. The lowest BCUT2D eigenvalue weighted by atomic mass is 9.96. The largest absolute Gasteiger partial charge is 0.345 e. The minimum atomic E-state index is -0.196. The zero-order valence-electron chi connectivity index (χ0n) is 15.3. The van der Waals surface area contributed by atoms with Gasteiger partial charge in [-0.2, -0.15) is 0 Å². The number of carbonyl (C=O) groups excluding carboxylic acids is 1. The maximum atomic E-state index is 12.6. The van der Waals surface area contributed by atoms with Gasteiger partial charge in [-0.25, -0.2) is 4.98 Å². The van der Waals surface area contributed by atoms with Gasteiger partial charge in [-0.3, -0.25) is 9.78 Å². The van der Waals surface area contributed by atoms with Gasteiger partial charge in [0.2, 0.25) is 5.91 Å². The predicted octanol–water partition coefficient (Wildman–Crippen LogP) is 4.30. The molecular weight excluding hydrogens is 342 g/mol. The van der Waals surface area contributed by atoms with E-state index in [0.717, 1.165) is 23.2 Å². The molecular formula is C21H23N3OS. The van der Waals surface area contributed by atoms with Crippen LogP contribution in [0.25, 0.3) is 0 Å². The van der Waals surface area contributed by atoms with Crippen molar-refractivity contribution >= 4 is 17.2 Å². The van der Waals surface area contributed by atoms with Crippen LogP contribution >= 0.6 is 11.3 Å². The Morgan fingerprint density at radius 3 is 2.65 bits per heavy atom. The smallest absolute Gasteiger partial charge is 0.221 e. The molecule has 3 aromatic rings. The summed E-state index contributed by atoms with van der Waals surface area (Å²) < 4.78 is 0. The van der Waals surface area contributed by atoms with Crippen LogP contribution in [-0.2, 0) is 11.2 Å². The summed E-state index contributed by atoms with van der Waals surface area (Å²) in [5, 5.41) is 3.18. The first kappa shape index (κ1) is 18.3. The molecule has 134 valence electrons. The molecule has 2 aromatic heterocycles. The molecule has 0 aliphatic carbocycles. The van der Waals surface area contributed by atoms with Gasteiger partial charge >= 0.3 is 0 Å². The Morgan fingerprint density at radius 1 is 1.15 bits per heavy atom. The number of pyridine rings is 1. The molecule has 0 bridgehead atoms. The van der Waals surface area contributed by atoms with Crippen molar-refractivity contribution in [3.63, 3.8) is 0 Å². The normalized spacial score (nSPS) is 12.0. The van der Waals surface area contributed by atoms with Crippen LogP contribution in [0.4, 0.5) is 0 Å². The van der Waals surface area contributed by atoms with Crippen molar-refractivity contribution in [2.24, 2.45) is 0 Å². The Balaban J connectivity index is 1.78. The molecule has 5 heteroatoms. The van der Waals surface area contributed by atoms with E-state index in [0.29, 0.717) is 6.42 Å². The summed E-state index contributed by atoms with van der Waals surface area (Å²) in [5.74, 6) is 0.0323. The number of nitrogens with zero attached hydrogens (tertiary/aromatic N) is 2. The molecule has 0 saturated carbocycles. The first-order valence-corrected chi connectivity index (χ1v) is 9.58. The monoisotopic (exact) mass is 365 g/mol. The van der Waals surface area contributed by atoms with Gasteiger partial charge in [0.15, 0.2) is 0 Å². The zero-order valence-corrected chi connectivity index (χ0v) is 16.1. The van der Waals surface area contributed by atoms with E-state index >= 15 is 0 Å². The van der Waals surface area contributed by atoms with Crippen molar-refractivity contribution in [2.75, 3.05) is 0 Å². The molecule has 3 rings (SSSR count). The van der Waals surface area contributed by atoms with Crippen LogP contribution in [0.5, 0.6) is 0 Å². The van der Waals surface area contributed by atoms with Crippen molar-refractivity contribution in [3.05, 3.63) is 81.1 Å². The number of carbonyl (C=O) groups is 1. The average Bonchev–Trinajstić information content (AvgIpc) is 3.06. The number of benzene rings is 1. The van der Waals surface area contributed by atoms with Crippen LogP contribution < -0.4 is 5.32 Å². The van der Waals surface area contributed by atoms with E-state index in [4.69, 9.17) is 0 Å². The number of aromatic nitrogens is 2. The van der Waals surface area contributed by atoms with Gasteiger partial charge in [-0.15, -0.1) is 11.3 Å². The van der Waals surface area contributed by atoms with Crippen molar-refractivity contribution in [1.82, 2.24) is 15.3 Å². The summed E-state index contributed by atoms with van der Waals surface area (Å²) in [7, 11) is 0. The Kier molecular flexibility index (Phi) is 5.78. The standard InChI is InChI=1S/C21H23N3OS/c1-14-6-7-17(11-15(14)2)21(18-5-4-10-22-12-18)24-20(25)9-8-19-16(3)23-13-26-19/h4-7,10-13,21H,8-9H2,1-3H3,(H,24,25)/t21-/m0/s1. The average molecular weight is 366 g/mol. The van der Waals surface area contributed by atoms with Crippen LogP contribution in [0.2, 0.25) is 0 Å². The molecule has 0 radical (unpaired) electrons. The Morgan fingerprint density at radius 2 is 2.00 bits per heavy atom. The maximum absolute atomic E-state index is 12.6. The summed E-state index contributed by atoms with van der Waals surface area (Å²) in [5.41, 5.74) is 7.36. The molecule has 1 atom stereocenters. The van der Waals surface area contributed by atoms with Crippen molar-refractivity contribution in [3.8, 4) is 0 Å². The highest BCUT2D eigenvalue weighted by Crippen LogP contribution is 2.24. The molecule has 0 saturated heterocycles. The maximum Gasteiger partial charge on any atom is 0.221 e. The predicted molar refractivity (Wildman–Crippen MR) is 105 cm³/mol. The number of aryl methyl sites for hydroxylation is 4. The van der Waals surface area contributed by atoms with Crippen molar-refractivity contribution < 1.29 is 4.79 Å². The summed E-state index contributed by atoms with van der Waals surface area (Å²) >= 11 is 1.61. The SMILES string of the molecule is Cc1ccc([C@H](NC(=O)CCc2scnc2C)c2cccnc2)cc1C. The highest BCUT2D eigenvalue weighted by atomic mass is 32.1. The van der Waals surface area contributed by atoms with Crippen molar-refractivity contribution in [1.29, 1.82) is 0 Å². The van der Waals surface area contributed by atoms with Crippen LogP contribution in [-0.4, -0.2) is 15.9 Å². The van der Waals surface area contributed by atoms with Gasteiger partial charge in [-0.1, -0.05) is 24.3 Å². The number of hydrogen-bond acceptors (Lipinski definition) is 4. The fourth-order valence-corrected chi connectivity index (χ4v) is 3.66. The van der Waals surface area contributed by atoms with Gasteiger partial charge in [0, 0.05) is 23.7 Å². The third-order valence-electron chi connectivity index (χ3n) is 4.61. The number of nitrogens with one attached hydrogen (secondary N) is 1. The summed E-state index contributed by atoms with van der Waals surface area (Å²) in [6.45, 7) is 6.17. The molecule has 0 fully saturated rings. The third kappa shape index (κ3) is 4.35. The second-order valence-corrected chi connectivity index (χ2v) is 7.43. The number of thiazole rings is 1. The van der Waals surface area contributed by atoms with E-state index < -0.39 is 0 Å². The Labute approximate surface area is 158 Å². The molecule has 2 heterocycles. The van der Waals surface area contributed by atoms with Crippen LogP contribution in [0.3, 0.4) is 0 Å². The molecule has 1 N–H and O–H groups in total. The lowest BCUT2D eigenvalue weighted by Crippen LogP contribution is -2.29. The Bertz CT molecular complexity index is 889. The van der Waals surface area contributed by atoms with Gasteiger partial charge < -0.3 is 5.32 Å². The van der Waals surface area contributed by atoms with Gasteiger partial charge in [0.25, 0.3) is 0 Å². The van der Waals surface area contributed by atoms with Crippen molar-refractivity contribution in [2.45, 2.75) is 39.7 Å². The zero-order chi connectivity index (χ0) is 18.5. The third-order valence-corrected chi connectivity index (χ3v) is 5.61. The van der Waals surface area contributed by atoms with Gasteiger partial charge in [0.05, 0.1) is 17.2 Å². The second-order valence-electron chi connectivity index (χ2n) is 6.49. The minimum Gasteiger partial charge on any atom is -0.345 e. The summed E-state index contributed by atoms with van der Waals surface area (Å²) in [4.78, 5) is 22.2. The highest BCUT2D eigenvalue weighted by molar-refractivity contribution is 7.09. The lowest BCUT2D eigenvalue weighted by molar-refractivity contribution is -0.121. The molecule has 0 aliphatic heterocycles. The fourth-order valence-electron chi connectivity index (χ4n) is 2.88. The van der Waals surface area contributed by atoms with Gasteiger partial charge in [-0.05, 0) is 55.5 Å². The second kappa shape index (κ2) is 8.23. The minimum absolute atomic E-state index is 0.0323. The molecule has 0 spiro atoms. The van der Waals surface area contributed by atoms with Gasteiger partial charge in [0.1, 0.15) is 0 Å².